The summed E-state index contributed by atoms with van der Waals surface area (Å²) < 4.78 is 15.9. The van der Waals surface area contributed by atoms with E-state index in [1.807, 2.05) is 45.9 Å². The summed E-state index contributed by atoms with van der Waals surface area (Å²) in [4.78, 5) is 0. The van der Waals surface area contributed by atoms with Gasteiger partial charge in [-0.3, -0.25) is 0 Å². The number of benzene rings is 9. The molecule has 0 fully saturated rings. The average Bonchev–Trinajstić information content (AvgIpc) is 3.32. The number of aryl methyl sites for hydroxylation is 3. The number of hydrogen-bond donors (Lipinski definition) is 0. The quantitative estimate of drug-likeness (QED) is 0.168. The maximum Gasteiger partial charge on any atom is 0.119 e. The largest absolute Gasteiger partial charge is 0.497 e. The first-order valence-corrected chi connectivity index (χ1v) is 21.2. The molecule has 0 N–H and O–H groups in total. The Bertz CT molecular complexity index is 2760. The lowest BCUT2D eigenvalue weighted by molar-refractivity contribution is 0.415. The molecule has 9 aromatic carbocycles. The topological polar surface area (TPSA) is 27.7 Å². The molecule has 0 aliphatic rings. The van der Waals surface area contributed by atoms with Crippen LogP contribution in [-0.2, 0) is 0 Å². The van der Waals surface area contributed by atoms with Gasteiger partial charge in [-0.15, -0.1) is 0 Å². The van der Waals surface area contributed by atoms with Gasteiger partial charge < -0.3 is 14.2 Å². The van der Waals surface area contributed by atoms with Gasteiger partial charge in [-0.2, -0.15) is 0 Å². The van der Waals surface area contributed by atoms with Crippen molar-refractivity contribution >= 4 is 32.3 Å². The van der Waals surface area contributed by atoms with Crippen LogP contribution in [0, 0.1) is 20.8 Å². The van der Waals surface area contributed by atoms with Gasteiger partial charge in [0.05, 0.1) is 21.3 Å². The summed E-state index contributed by atoms with van der Waals surface area (Å²) in [7, 11) is 5.10. The van der Waals surface area contributed by atoms with Gasteiger partial charge in [0.1, 0.15) is 17.2 Å². The molecule has 0 heterocycles. The van der Waals surface area contributed by atoms with Gasteiger partial charge in [0.25, 0.3) is 0 Å². The Morgan fingerprint density at radius 2 is 0.672 bits per heavy atom. The van der Waals surface area contributed by atoms with E-state index in [9.17, 15) is 0 Å². The third-order valence-electron chi connectivity index (χ3n) is 10.3. The van der Waals surface area contributed by atoms with Crippen LogP contribution in [0.2, 0.25) is 0 Å². The van der Waals surface area contributed by atoms with Gasteiger partial charge in [-0.1, -0.05) is 190 Å². The molecule has 3 nitrogen and oxygen atoms in total. The van der Waals surface area contributed by atoms with Crippen molar-refractivity contribution in [2.45, 2.75) is 48.5 Å². The Morgan fingerprint density at radius 1 is 0.279 bits per heavy atom. The van der Waals surface area contributed by atoms with Crippen LogP contribution in [0.5, 0.6) is 17.2 Å². The molecule has 0 bridgehead atoms. The minimum atomic E-state index is 0.895. The van der Waals surface area contributed by atoms with Crippen molar-refractivity contribution in [2.75, 3.05) is 21.3 Å². The highest BCUT2D eigenvalue weighted by atomic mass is 16.5. The molecule has 0 radical (unpaired) electrons. The summed E-state index contributed by atoms with van der Waals surface area (Å²) in [6.07, 6.45) is 0. The van der Waals surface area contributed by atoms with Crippen LogP contribution in [-0.4, -0.2) is 21.3 Å². The van der Waals surface area contributed by atoms with Gasteiger partial charge in [0.2, 0.25) is 0 Å². The number of methoxy groups -OCH3 is 3. The molecule has 61 heavy (non-hydrogen) atoms. The van der Waals surface area contributed by atoms with Crippen LogP contribution >= 0.6 is 0 Å². The predicted octanol–water partition coefficient (Wildman–Crippen LogP) is 16.5. The molecule has 0 spiro atoms. The molecular formula is C58H60O3. The fourth-order valence-corrected chi connectivity index (χ4v) is 7.19. The standard InChI is InChI=1S/3C18H16O.2C2H6/c1-13-5-3-6-14(11-13)17-8-4-7-15-12-16(19-2)9-10-18(15)17;1-13-6-8-14(9-7-13)17-5-3-4-15-12-16(19-2)10-11-18(15)17;1-13-6-8-15(9-7-13)17-5-3-4-14-10-11-16(19-2)12-18(14)17;2*1-2/h3*3-12H,1-2H3;2*1-2H3. The van der Waals surface area contributed by atoms with E-state index in [2.05, 4.69) is 185 Å². The highest BCUT2D eigenvalue weighted by Gasteiger charge is 2.07. The van der Waals surface area contributed by atoms with E-state index in [4.69, 9.17) is 14.2 Å². The maximum atomic E-state index is 5.33. The zero-order valence-corrected chi connectivity index (χ0v) is 37.5. The molecule has 0 saturated carbocycles. The van der Waals surface area contributed by atoms with Gasteiger partial charge in [-0.05, 0) is 123 Å². The van der Waals surface area contributed by atoms with E-state index in [-0.39, 0.29) is 0 Å². The van der Waals surface area contributed by atoms with E-state index >= 15 is 0 Å². The molecule has 0 aromatic heterocycles. The highest BCUT2D eigenvalue weighted by molar-refractivity contribution is 5.99. The molecule has 0 unspecified atom stereocenters. The summed E-state index contributed by atoms with van der Waals surface area (Å²) in [5, 5.41) is 7.39. The number of fused-ring (bicyclic) bond motifs is 3. The predicted molar refractivity (Wildman–Crippen MR) is 265 cm³/mol. The van der Waals surface area contributed by atoms with Crippen LogP contribution in [0.25, 0.3) is 65.7 Å². The first-order valence-electron chi connectivity index (χ1n) is 21.2. The second-order valence-corrected chi connectivity index (χ2v) is 14.3. The molecule has 0 saturated heterocycles. The third-order valence-corrected chi connectivity index (χ3v) is 10.3. The van der Waals surface area contributed by atoms with Crippen molar-refractivity contribution in [1.82, 2.24) is 0 Å². The van der Waals surface area contributed by atoms with Crippen LogP contribution in [0.15, 0.2) is 182 Å². The lowest BCUT2D eigenvalue weighted by Crippen LogP contribution is -1.85. The molecule has 3 heteroatoms. The molecule has 0 aliphatic carbocycles. The first-order chi connectivity index (χ1) is 29.8. The summed E-state index contributed by atoms with van der Waals surface area (Å²) in [6.45, 7) is 14.3. The fraction of sp³-hybridized carbons (Fsp3) is 0.172. The SMILES string of the molecule is CC.CC.COc1ccc2c(-c3ccc(C)cc3)cccc2c1.COc1ccc2c(-c3cccc(C)c3)cccc2c1.COc1ccc2cccc(-c3ccc(C)cc3)c2c1. The third kappa shape index (κ3) is 11.5. The zero-order valence-electron chi connectivity index (χ0n) is 37.5. The number of ether oxygens (including phenoxy) is 3. The average molecular weight is 805 g/mol. The normalized spacial score (nSPS) is 10.1. The highest BCUT2D eigenvalue weighted by Crippen LogP contribution is 2.34. The van der Waals surface area contributed by atoms with Crippen LogP contribution in [0.3, 0.4) is 0 Å². The van der Waals surface area contributed by atoms with Crippen molar-refractivity contribution in [3.63, 3.8) is 0 Å². The Labute approximate surface area is 364 Å². The zero-order chi connectivity index (χ0) is 43.7. The van der Waals surface area contributed by atoms with Crippen molar-refractivity contribution in [3.05, 3.63) is 199 Å². The molecule has 0 aliphatic heterocycles. The van der Waals surface area contributed by atoms with E-state index in [1.54, 1.807) is 21.3 Å². The smallest absolute Gasteiger partial charge is 0.119 e. The van der Waals surface area contributed by atoms with Crippen molar-refractivity contribution in [3.8, 4) is 50.6 Å². The molecule has 9 rings (SSSR count). The molecule has 9 aromatic rings. The number of hydrogen-bond acceptors (Lipinski definition) is 3. The maximum absolute atomic E-state index is 5.33. The summed E-state index contributed by atoms with van der Waals surface area (Å²) >= 11 is 0. The molecule has 310 valence electrons. The second kappa shape index (κ2) is 22.5. The summed E-state index contributed by atoms with van der Waals surface area (Å²) in [5.41, 5.74) is 11.4. The molecule has 0 amide bonds. The molecule has 0 atom stereocenters. The summed E-state index contributed by atoms with van der Waals surface area (Å²) in [5.74, 6) is 2.69. The first kappa shape index (κ1) is 45.2. The Morgan fingerprint density at radius 3 is 1.13 bits per heavy atom. The van der Waals surface area contributed by atoms with Crippen molar-refractivity contribution < 1.29 is 14.2 Å². The Kier molecular flexibility index (Phi) is 16.7. The fourth-order valence-electron chi connectivity index (χ4n) is 7.19. The van der Waals surface area contributed by atoms with Crippen LogP contribution in [0.1, 0.15) is 44.4 Å². The minimum Gasteiger partial charge on any atom is -0.497 e. The monoisotopic (exact) mass is 804 g/mol. The lowest BCUT2D eigenvalue weighted by atomic mass is 9.97. The van der Waals surface area contributed by atoms with E-state index in [0.29, 0.717) is 0 Å². The number of rotatable bonds is 6. The van der Waals surface area contributed by atoms with Gasteiger partial charge >= 0.3 is 0 Å². The van der Waals surface area contributed by atoms with Gasteiger partial charge in [-0.25, -0.2) is 0 Å². The van der Waals surface area contributed by atoms with Gasteiger partial charge in [0, 0.05) is 0 Å². The summed E-state index contributed by atoms with van der Waals surface area (Å²) in [6, 6.07) is 63.7. The van der Waals surface area contributed by atoms with E-state index in [1.165, 1.54) is 82.4 Å². The van der Waals surface area contributed by atoms with Crippen LogP contribution in [0.4, 0.5) is 0 Å². The Hall–Kier alpha value is -6.84. The molecular weight excluding hydrogens is 745 g/mol. The van der Waals surface area contributed by atoms with Crippen molar-refractivity contribution in [1.29, 1.82) is 0 Å². The minimum absolute atomic E-state index is 0.895. The Balaban J connectivity index is 0.000000166. The van der Waals surface area contributed by atoms with E-state index in [0.717, 1.165) is 17.2 Å². The lowest BCUT2D eigenvalue weighted by Gasteiger charge is -2.09. The van der Waals surface area contributed by atoms with Crippen molar-refractivity contribution in [2.24, 2.45) is 0 Å². The van der Waals surface area contributed by atoms with E-state index < -0.39 is 0 Å². The second-order valence-electron chi connectivity index (χ2n) is 14.3. The van der Waals surface area contributed by atoms with Crippen LogP contribution < -0.4 is 14.2 Å². The van der Waals surface area contributed by atoms with Gasteiger partial charge in [0.15, 0.2) is 0 Å².